The summed E-state index contributed by atoms with van der Waals surface area (Å²) in [7, 11) is 3.37. The van der Waals surface area contributed by atoms with Gasteiger partial charge in [0.05, 0.1) is 12.2 Å². The molecule has 0 aliphatic carbocycles. The molecule has 1 fully saturated rings. The number of nitrogens with one attached hydrogen (secondary N) is 1. The van der Waals surface area contributed by atoms with Gasteiger partial charge in [0.15, 0.2) is 0 Å². The standard InChI is InChI=1S/C17H25N3O4/c1-6-24-17(23)13-10(2)14(18-11(13)3)16(22)20-9-7-8-12(20)15(21)19(4)5/h12,18H,6-9H2,1-5H3/t12-/m1/s1. The lowest BCUT2D eigenvalue weighted by Crippen LogP contribution is -2.45. The lowest BCUT2D eigenvalue weighted by molar-refractivity contribution is -0.132. The van der Waals surface area contributed by atoms with Crippen LogP contribution < -0.4 is 0 Å². The molecule has 1 saturated heterocycles. The molecule has 1 aliphatic heterocycles. The number of hydrogen-bond acceptors (Lipinski definition) is 4. The number of aromatic amines is 1. The predicted octanol–water partition coefficient (Wildman–Crippen LogP) is 1.50. The van der Waals surface area contributed by atoms with E-state index in [0.29, 0.717) is 35.5 Å². The molecule has 1 aromatic rings. The van der Waals surface area contributed by atoms with Gasteiger partial charge in [0, 0.05) is 26.3 Å². The normalized spacial score (nSPS) is 17.0. The van der Waals surface area contributed by atoms with E-state index >= 15 is 0 Å². The molecule has 0 unspecified atom stereocenters. The molecule has 1 aromatic heterocycles. The van der Waals surface area contributed by atoms with Crippen molar-refractivity contribution in [1.29, 1.82) is 0 Å². The summed E-state index contributed by atoms with van der Waals surface area (Å²) < 4.78 is 5.05. The average molecular weight is 335 g/mol. The molecule has 1 atom stereocenters. The van der Waals surface area contributed by atoms with Crippen molar-refractivity contribution in [3.63, 3.8) is 0 Å². The van der Waals surface area contributed by atoms with Crippen molar-refractivity contribution < 1.29 is 19.1 Å². The zero-order valence-electron chi connectivity index (χ0n) is 14.9. The van der Waals surface area contributed by atoms with Gasteiger partial charge in [0.2, 0.25) is 5.91 Å². The van der Waals surface area contributed by atoms with Crippen molar-refractivity contribution in [2.24, 2.45) is 0 Å². The first-order valence-electron chi connectivity index (χ1n) is 8.18. The molecule has 7 nitrogen and oxygen atoms in total. The number of aryl methyl sites for hydroxylation is 1. The Morgan fingerprint density at radius 3 is 2.54 bits per heavy atom. The molecule has 2 rings (SSSR count). The van der Waals surface area contributed by atoms with E-state index in [4.69, 9.17) is 4.74 Å². The predicted molar refractivity (Wildman–Crippen MR) is 89.0 cm³/mol. The summed E-state index contributed by atoms with van der Waals surface area (Å²) >= 11 is 0. The van der Waals surface area contributed by atoms with Crippen LogP contribution in [0.5, 0.6) is 0 Å². The highest BCUT2D eigenvalue weighted by atomic mass is 16.5. The monoisotopic (exact) mass is 335 g/mol. The van der Waals surface area contributed by atoms with Crippen LogP contribution in [-0.2, 0) is 9.53 Å². The second-order valence-corrected chi connectivity index (χ2v) is 6.23. The molecule has 7 heteroatoms. The Morgan fingerprint density at radius 2 is 1.96 bits per heavy atom. The van der Waals surface area contributed by atoms with Gasteiger partial charge in [-0.2, -0.15) is 0 Å². The van der Waals surface area contributed by atoms with Gasteiger partial charge in [0.1, 0.15) is 11.7 Å². The zero-order valence-corrected chi connectivity index (χ0v) is 14.9. The third kappa shape index (κ3) is 3.16. The number of likely N-dealkylation sites (N-methyl/N-ethyl adjacent to an activating group) is 1. The Balaban J connectivity index is 2.32. The Hall–Kier alpha value is -2.31. The molecule has 0 bridgehead atoms. The molecular weight excluding hydrogens is 310 g/mol. The number of amides is 2. The van der Waals surface area contributed by atoms with E-state index < -0.39 is 12.0 Å². The number of aromatic nitrogens is 1. The smallest absolute Gasteiger partial charge is 0.340 e. The highest BCUT2D eigenvalue weighted by Crippen LogP contribution is 2.25. The van der Waals surface area contributed by atoms with Crippen LogP contribution in [0.25, 0.3) is 0 Å². The Labute approximate surface area is 141 Å². The number of esters is 1. The summed E-state index contributed by atoms with van der Waals surface area (Å²) in [6.45, 7) is 6.01. The molecule has 0 aromatic carbocycles. The van der Waals surface area contributed by atoms with E-state index in [2.05, 4.69) is 4.98 Å². The van der Waals surface area contributed by atoms with E-state index in [9.17, 15) is 14.4 Å². The van der Waals surface area contributed by atoms with Crippen LogP contribution in [0.1, 0.15) is 51.9 Å². The lowest BCUT2D eigenvalue weighted by atomic mass is 10.1. The Morgan fingerprint density at radius 1 is 1.29 bits per heavy atom. The van der Waals surface area contributed by atoms with E-state index in [1.807, 2.05) is 0 Å². The average Bonchev–Trinajstić information content (AvgIpc) is 3.10. The first-order chi connectivity index (χ1) is 11.3. The Bertz CT molecular complexity index is 663. The van der Waals surface area contributed by atoms with Gasteiger partial charge < -0.3 is 19.5 Å². The van der Waals surface area contributed by atoms with Gasteiger partial charge in [-0.1, -0.05) is 0 Å². The van der Waals surface area contributed by atoms with Crippen molar-refractivity contribution in [3.8, 4) is 0 Å². The molecule has 0 saturated carbocycles. The van der Waals surface area contributed by atoms with Gasteiger partial charge in [0.25, 0.3) is 5.91 Å². The number of hydrogen-bond donors (Lipinski definition) is 1. The topological polar surface area (TPSA) is 82.7 Å². The van der Waals surface area contributed by atoms with Crippen LogP contribution in [-0.4, -0.2) is 65.9 Å². The van der Waals surface area contributed by atoms with Gasteiger partial charge in [-0.15, -0.1) is 0 Å². The maximum Gasteiger partial charge on any atom is 0.340 e. The summed E-state index contributed by atoms with van der Waals surface area (Å²) in [6, 6.07) is -0.443. The fourth-order valence-electron chi connectivity index (χ4n) is 3.18. The first kappa shape index (κ1) is 18.0. The van der Waals surface area contributed by atoms with Crippen LogP contribution in [0.4, 0.5) is 0 Å². The number of likely N-dealkylation sites (tertiary alicyclic amines) is 1. The van der Waals surface area contributed by atoms with Gasteiger partial charge >= 0.3 is 5.97 Å². The quantitative estimate of drug-likeness (QED) is 0.845. The Kier molecular flexibility index (Phi) is 5.31. The van der Waals surface area contributed by atoms with Crippen molar-refractivity contribution in [2.45, 2.75) is 39.7 Å². The number of carbonyl (C=O) groups is 3. The summed E-state index contributed by atoms with van der Waals surface area (Å²) in [5.74, 6) is -0.763. The van der Waals surface area contributed by atoms with Crippen LogP contribution in [0.15, 0.2) is 0 Å². The molecule has 0 radical (unpaired) electrons. The molecule has 1 aliphatic rings. The number of rotatable bonds is 4. The minimum atomic E-state index is -0.443. The molecule has 0 spiro atoms. The maximum atomic E-state index is 12.9. The molecule has 1 N–H and O–H groups in total. The van der Waals surface area contributed by atoms with E-state index in [1.54, 1.807) is 39.8 Å². The highest BCUT2D eigenvalue weighted by molar-refractivity contribution is 6.02. The fourth-order valence-corrected chi connectivity index (χ4v) is 3.18. The molecule has 2 heterocycles. The molecule has 132 valence electrons. The van der Waals surface area contributed by atoms with Gasteiger partial charge in [-0.3, -0.25) is 9.59 Å². The SMILES string of the molecule is CCOC(=O)c1c(C)[nH]c(C(=O)N2CCC[C@@H]2C(=O)N(C)C)c1C. The van der Waals surface area contributed by atoms with E-state index in [1.165, 1.54) is 4.90 Å². The van der Waals surface area contributed by atoms with Crippen molar-refractivity contribution >= 4 is 17.8 Å². The lowest BCUT2D eigenvalue weighted by Gasteiger charge is -2.26. The number of ether oxygens (including phenoxy) is 1. The summed E-state index contributed by atoms with van der Waals surface area (Å²) in [5.41, 5.74) is 1.92. The van der Waals surface area contributed by atoms with Crippen molar-refractivity contribution in [1.82, 2.24) is 14.8 Å². The number of carbonyl (C=O) groups excluding carboxylic acids is 3. The van der Waals surface area contributed by atoms with Gasteiger partial charge in [-0.25, -0.2) is 4.79 Å². The second kappa shape index (κ2) is 7.07. The summed E-state index contributed by atoms with van der Waals surface area (Å²) in [6.07, 6.45) is 1.45. The molecule has 24 heavy (non-hydrogen) atoms. The molecular formula is C17H25N3O4. The summed E-state index contributed by atoms with van der Waals surface area (Å²) in [5, 5.41) is 0. The number of nitrogens with zero attached hydrogens (tertiary/aromatic N) is 2. The summed E-state index contributed by atoms with van der Waals surface area (Å²) in [4.78, 5) is 43.4. The first-order valence-corrected chi connectivity index (χ1v) is 8.18. The van der Waals surface area contributed by atoms with Crippen LogP contribution >= 0.6 is 0 Å². The largest absolute Gasteiger partial charge is 0.462 e. The number of H-pyrrole nitrogens is 1. The van der Waals surface area contributed by atoms with E-state index in [-0.39, 0.29) is 18.4 Å². The molecule has 2 amide bonds. The third-order valence-corrected chi connectivity index (χ3v) is 4.37. The second-order valence-electron chi connectivity index (χ2n) is 6.23. The fraction of sp³-hybridized carbons (Fsp3) is 0.588. The van der Waals surface area contributed by atoms with E-state index in [0.717, 1.165) is 6.42 Å². The zero-order chi connectivity index (χ0) is 18.0. The van der Waals surface area contributed by atoms with Gasteiger partial charge in [-0.05, 0) is 39.2 Å². The van der Waals surface area contributed by atoms with Crippen LogP contribution in [0.3, 0.4) is 0 Å². The van der Waals surface area contributed by atoms with Crippen LogP contribution in [0, 0.1) is 13.8 Å². The maximum absolute atomic E-state index is 12.9. The highest BCUT2D eigenvalue weighted by Gasteiger charge is 2.37. The van der Waals surface area contributed by atoms with Crippen molar-refractivity contribution in [2.75, 3.05) is 27.2 Å². The minimum absolute atomic E-state index is 0.0765. The minimum Gasteiger partial charge on any atom is -0.462 e. The van der Waals surface area contributed by atoms with Crippen LogP contribution in [0.2, 0.25) is 0 Å². The third-order valence-electron chi connectivity index (χ3n) is 4.37. The van der Waals surface area contributed by atoms with Crippen molar-refractivity contribution in [3.05, 3.63) is 22.5 Å².